The molecule has 0 aliphatic heterocycles. The Bertz CT molecular complexity index is 1400. The van der Waals surface area contributed by atoms with Crippen LogP contribution in [0.5, 0.6) is 0 Å². The molecule has 1 unspecified atom stereocenters. The molecule has 0 spiro atoms. The zero-order chi connectivity index (χ0) is 21.8. The molecule has 4 rings (SSSR count). The summed E-state index contributed by atoms with van der Waals surface area (Å²) in [6, 6.07) is 22.2. The van der Waals surface area contributed by atoms with Crippen LogP contribution in [-0.2, 0) is 16.1 Å². The normalized spacial score (nSPS) is 13.2. The van der Waals surface area contributed by atoms with Crippen molar-refractivity contribution in [3.05, 3.63) is 100 Å². The van der Waals surface area contributed by atoms with E-state index in [-0.39, 0.29) is 5.82 Å². The van der Waals surface area contributed by atoms with Crippen molar-refractivity contribution in [2.45, 2.75) is 11.3 Å². The Balaban J connectivity index is 1.63. The van der Waals surface area contributed by atoms with Crippen molar-refractivity contribution in [1.82, 2.24) is 14.2 Å². The minimum Gasteiger partial charge on any atom is -0.279 e. The molecule has 8 heteroatoms. The van der Waals surface area contributed by atoms with E-state index in [0.29, 0.717) is 33.3 Å². The van der Waals surface area contributed by atoms with E-state index in [1.165, 1.54) is 6.21 Å². The third-order valence-corrected chi connectivity index (χ3v) is 6.91. The Morgan fingerprint density at radius 3 is 2.74 bits per heavy atom. The molecule has 0 saturated heterocycles. The number of nitriles is 1. The number of rotatable bonds is 6. The second-order valence-electron chi connectivity index (χ2n) is 6.79. The molecule has 2 aromatic carbocycles. The maximum atomic E-state index is 13.3. The van der Waals surface area contributed by atoms with E-state index >= 15 is 0 Å². The first-order valence-electron chi connectivity index (χ1n) is 9.35. The first-order chi connectivity index (χ1) is 15.0. The van der Waals surface area contributed by atoms with Crippen LogP contribution in [0.4, 0.5) is 5.82 Å². The standard InChI is InChI=1S/C23H18ClN5OS/c1-31(30,20-10-3-2-4-11-20)29-12-6-9-19(29)16-26-23-21(15-25)22(27-28-23)14-17-7-5-8-18(24)13-17/h2-13,16H,1,14H2,(H,27,28). The zero-order valence-corrected chi connectivity index (χ0v) is 18.0. The lowest BCUT2D eigenvalue weighted by atomic mass is 10.1. The lowest BCUT2D eigenvalue weighted by molar-refractivity contribution is 0.675. The molecule has 0 fully saturated rings. The summed E-state index contributed by atoms with van der Waals surface area (Å²) in [6.45, 7) is 0. The van der Waals surface area contributed by atoms with Crippen molar-refractivity contribution in [3.8, 4) is 6.07 Å². The van der Waals surface area contributed by atoms with E-state index < -0.39 is 9.71 Å². The Kier molecular flexibility index (Phi) is 5.76. The number of aromatic nitrogens is 3. The highest BCUT2D eigenvalue weighted by atomic mass is 35.5. The minimum absolute atomic E-state index is 0.266. The maximum absolute atomic E-state index is 13.3. The monoisotopic (exact) mass is 447 g/mol. The molecule has 1 N–H and O–H groups in total. The summed E-state index contributed by atoms with van der Waals surface area (Å²) in [6.07, 6.45) is 3.71. The summed E-state index contributed by atoms with van der Waals surface area (Å²) < 4.78 is 14.9. The Hall–Kier alpha value is -3.60. The van der Waals surface area contributed by atoms with Gasteiger partial charge in [0.15, 0.2) is 5.82 Å². The van der Waals surface area contributed by atoms with Crippen LogP contribution in [0.15, 0.2) is 82.8 Å². The third kappa shape index (κ3) is 4.31. The van der Waals surface area contributed by atoms with Crippen molar-refractivity contribution in [2.75, 3.05) is 0 Å². The molecule has 6 nitrogen and oxygen atoms in total. The van der Waals surface area contributed by atoms with Gasteiger partial charge in [0.1, 0.15) is 11.6 Å². The minimum atomic E-state index is -2.77. The topological polar surface area (TPSA) is 86.8 Å². The van der Waals surface area contributed by atoms with Crippen LogP contribution in [0.3, 0.4) is 0 Å². The van der Waals surface area contributed by atoms with Crippen LogP contribution in [0.25, 0.3) is 0 Å². The molecule has 4 aromatic rings. The van der Waals surface area contributed by atoms with E-state index in [1.807, 2.05) is 36.4 Å². The summed E-state index contributed by atoms with van der Waals surface area (Å²) in [5, 5.41) is 17.3. The lowest BCUT2D eigenvalue weighted by Crippen LogP contribution is -2.14. The lowest BCUT2D eigenvalue weighted by Gasteiger charge is -2.13. The Morgan fingerprint density at radius 2 is 2.00 bits per heavy atom. The van der Waals surface area contributed by atoms with Crippen LogP contribution in [-0.4, -0.2) is 30.5 Å². The summed E-state index contributed by atoms with van der Waals surface area (Å²) in [7, 11) is -2.77. The predicted octanol–water partition coefficient (Wildman–Crippen LogP) is 4.62. The molecule has 31 heavy (non-hydrogen) atoms. The van der Waals surface area contributed by atoms with Crippen LogP contribution in [0.1, 0.15) is 22.5 Å². The number of hydrogen-bond donors (Lipinski definition) is 1. The van der Waals surface area contributed by atoms with E-state index in [0.717, 1.165) is 5.56 Å². The van der Waals surface area contributed by atoms with Crippen molar-refractivity contribution < 1.29 is 4.21 Å². The van der Waals surface area contributed by atoms with E-state index in [9.17, 15) is 9.47 Å². The van der Waals surface area contributed by atoms with Crippen LogP contribution in [0, 0.1) is 11.3 Å². The second kappa shape index (κ2) is 8.64. The van der Waals surface area contributed by atoms with Gasteiger partial charge >= 0.3 is 0 Å². The molecule has 1 atom stereocenters. The van der Waals surface area contributed by atoms with Gasteiger partial charge in [0.05, 0.1) is 27.3 Å². The van der Waals surface area contributed by atoms with Crippen molar-refractivity contribution >= 4 is 39.2 Å². The van der Waals surface area contributed by atoms with Gasteiger partial charge in [0.25, 0.3) is 0 Å². The number of halogens is 1. The van der Waals surface area contributed by atoms with Gasteiger partial charge in [0, 0.05) is 22.5 Å². The summed E-state index contributed by atoms with van der Waals surface area (Å²) in [5.74, 6) is 4.20. The molecule has 0 bridgehead atoms. The van der Waals surface area contributed by atoms with Gasteiger partial charge < -0.3 is 0 Å². The molecule has 2 aromatic heterocycles. The number of H-pyrrole nitrogens is 1. The molecular weight excluding hydrogens is 430 g/mol. The highest BCUT2D eigenvalue weighted by molar-refractivity contribution is 7.99. The molecule has 0 saturated carbocycles. The molecule has 0 aliphatic rings. The van der Waals surface area contributed by atoms with Crippen molar-refractivity contribution in [2.24, 2.45) is 4.99 Å². The fourth-order valence-corrected chi connectivity index (χ4v) is 4.92. The maximum Gasteiger partial charge on any atom is 0.191 e. The largest absolute Gasteiger partial charge is 0.279 e. The van der Waals surface area contributed by atoms with Crippen LogP contribution < -0.4 is 0 Å². The molecule has 2 heterocycles. The number of nitrogens with one attached hydrogen (secondary N) is 1. The average Bonchev–Trinajstić information content (AvgIpc) is 3.40. The molecule has 154 valence electrons. The first-order valence-corrected chi connectivity index (χ1v) is 11.4. The number of benzene rings is 2. The van der Waals surface area contributed by atoms with Gasteiger partial charge in [-0.3, -0.25) is 9.07 Å². The number of aromatic amines is 1. The number of aliphatic imine (C=N–C) groups is 1. The smallest absolute Gasteiger partial charge is 0.191 e. The van der Waals surface area contributed by atoms with Crippen LogP contribution in [0.2, 0.25) is 5.02 Å². The highest BCUT2D eigenvalue weighted by Crippen LogP contribution is 2.23. The van der Waals surface area contributed by atoms with Gasteiger partial charge in [-0.05, 0) is 47.8 Å². The van der Waals surface area contributed by atoms with Gasteiger partial charge in [-0.1, -0.05) is 41.9 Å². The summed E-state index contributed by atoms with van der Waals surface area (Å²) in [5.41, 5.74) is 2.55. The van der Waals surface area contributed by atoms with Gasteiger partial charge in [0.2, 0.25) is 0 Å². The van der Waals surface area contributed by atoms with Gasteiger partial charge in [-0.25, -0.2) is 9.20 Å². The number of hydrogen-bond acceptors (Lipinski definition) is 4. The van der Waals surface area contributed by atoms with Crippen LogP contribution >= 0.6 is 11.6 Å². The van der Waals surface area contributed by atoms with Crippen molar-refractivity contribution in [1.29, 1.82) is 5.26 Å². The Morgan fingerprint density at radius 1 is 1.19 bits per heavy atom. The number of nitrogens with zero attached hydrogens (tertiary/aromatic N) is 4. The molecule has 0 aliphatic carbocycles. The highest BCUT2D eigenvalue weighted by Gasteiger charge is 2.15. The fraction of sp³-hybridized carbons (Fsp3) is 0.0435. The molecule has 0 radical (unpaired) electrons. The SMILES string of the molecule is C=S(=O)(c1ccccc1)n1cccc1C=Nc1n[nH]c(Cc2cccc(Cl)c2)c1C#N. The quantitative estimate of drug-likeness (QED) is 0.345. The van der Waals surface area contributed by atoms with Crippen molar-refractivity contribution in [3.63, 3.8) is 0 Å². The second-order valence-corrected chi connectivity index (χ2v) is 9.37. The average molecular weight is 448 g/mol. The van der Waals surface area contributed by atoms with E-state index in [4.69, 9.17) is 11.6 Å². The van der Waals surface area contributed by atoms with E-state index in [1.54, 1.807) is 40.5 Å². The summed E-state index contributed by atoms with van der Waals surface area (Å²) >= 11 is 6.05. The molecular formula is C23H18ClN5OS. The predicted molar refractivity (Wildman–Crippen MR) is 125 cm³/mol. The van der Waals surface area contributed by atoms with E-state index in [2.05, 4.69) is 27.1 Å². The van der Waals surface area contributed by atoms with Gasteiger partial charge in [-0.15, -0.1) is 0 Å². The third-order valence-electron chi connectivity index (χ3n) is 4.70. The molecule has 0 amide bonds. The first kappa shape index (κ1) is 20.7. The zero-order valence-electron chi connectivity index (χ0n) is 16.4. The Labute approximate surface area is 185 Å². The fourth-order valence-electron chi connectivity index (χ4n) is 3.18. The summed E-state index contributed by atoms with van der Waals surface area (Å²) in [4.78, 5) is 4.99. The van der Waals surface area contributed by atoms with Gasteiger partial charge in [-0.2, -0.15) is 10.4 Å².